The molecule has 0 amide bonds. The lowest BCUT2D eigenvalue weighted by atomic mass is 9.99. The van der Waals surface area contributed by atoms with Crippen LogP contribution in [-0.4, -0.2) is 32.4 Å². The molecule has 6 heteroatoms. The first-order chi connectivity index (χ1) is 11.0. The third kappa shape index (κ3) is 3.44. The Morgan fingerprint density at radius 1 is 1.17 bits per heavy atom. The summed E-state index contributed by atoms with van der Waals surface area (Å²) >= 11 is 0. The molecule has 1 unspecified atom stereocenters. The van der Waals surface area contributed by atoms with E-state index in [-0.39, 0.29) is 17.5 Å². The van der Waals surface area contributed by atoms with E-state index in [1.54, 1.807) is 0 Å². The van der Waals surface area contributed by atoms with Gasteiger partial charge in [-0.3, -0.25) is 0 Å². The van der Waals surface area contributed by atoms with Crippen molar-refractivity contribution in [1.82, 2.24) is 4.31 Å². The largest absolute Gasteiger partial charge is 0.372 e. The molecule has 2 aromatic carbocycles. The Morgan fingerprint density at radius 2 is 1.91 bits per heavy atom. The second kappa shape index (κ2) is 6.39. The van der Waals surface area contributed by atoms with Gasteiger partial charge in [-0.05, 0) is 29.3 Å². The highest BCUT2D eigenvalue weighted by atomic mass is 32.2. The van der Waals surface area contributed by atoms with E-state index in [1.165, 1.54) is 35.1 Å². The van der Waals surface area contributed by atoms with Crippen LogP contribution in [0.1, 0.15) is 11.1 Å². The second-order valence-corrected chi connectivity index (χ2v) is 7.69. The number of fused-ring (bicyclic) bond motifs is 1. The number of benzene rings is 2. The molecule has 0 N–H and O–H groups in total. The van der Waals surface area contributed by atoms with E-state index in [1.807, 2.05) is 24.3 Å². The van der Waals surface area contributed by atoms with E-state index in [4.69, 9.17) is 4.74 Å². The van der Waals surface area contributed by atoms with Crippen LogP contribution in [0.4, 0.5) is 4.39 Å². The molecule has 23 heavy (non-hydrogen) atoms. The first-order valence-corrected chi connectivity index (χ1v) is 8.81. The summed E-state index contributed by atoms with van der Waals surface area (Å²) in [5.41, 5.74) is 2.32. The third-order valence-electron chi connectivity index (χ3n) is 4.01. The Labute approximate surface area is 135 Å². The molecule has 1 aliphatic heterocycles. The molecule has 0 spiro atoms. The first-order valence-electron chi connectivity index (χ1n) is 7.37. The zero-order chi connectivity index (χ0) is 16.4. The molecule has 0 aliphatic carbocycles. The SMILES string of the molecule is CN(CC1Cc2ccccc2CO1)S(=O)(=O)c1cccc(F)c1. The lowest BCUT2D eigenvalue weighted by Gasteiger charge is -2.28. The number of hydrogen-bond donors (Lipinski definition) is 0. The predicted octanol–water partition coefficient (Wildman–Crippen LogP) is 2.59. The first kappa shape index (κ1) is 16.1. The van der Waals surface area contributed by atoms with E-state index >= 15 is 0 Å². The molecule has 122 valence electrons. The maximum atomic E-state index is 13.3. The standard InChI is InChI=1S/C17H18FNO3S/c1-19(23(20,21)17-8-4-7-15(18)10-17)11-16-9-13-5-2-3-6-14(13)12-22-16/h2-8,10,16H,9,11-12H2,1H3. The zero-order valence-corrected chi connectivity index (χ0v) is 13.6. The number of sulfonamides is 1. The highest BCUT2D eigenvalue weighted by molar-refractivity contribution is 7.89. The smallest absolute Gasteiger partial charge is 0.243 e. The minimum Gasteiger partial charge on any atom is -0.372 e. The van der Waals surface area contributed by atoms with Crippen molar-refractivity contribution >= 4 is 10.0 Å². The van der Waals surface area contributed by atoms with Crippen LogP contribution < -0.4 is 0 Å². The quantitative estimate of drug-likeness (QED) is 0.863. The number of halogens is 1. The lowest BCUT2D eigenvalue weighted by molar-refractivity contribution is 0.0202. The summed E-state index contributed by atoms with van der Waals surface area (Å²) in [6.45, 7) is 0.710. The van der Waals surface area contributed by atoms with Crippen molar-refractivity contribution in [2.45, 2.75) is 24.0 Å². The van der Waals surface area contributed by atoms with Crippen LogP contribution in [0.15, 0.2) is 53.4 Å². The number of likely N-dealkylation sites (N-methyl/N-ethyl adjacent to an activating group) is 1. The molecule has 3 rings (SSSR count). The summed E-state index contributed by atoms with van der Waals surface area (Å²) in [5, 5.41) is 0. The highest BCUT2D eigenvalue weighted by Crippen LogP contribution is 2.22. The van der Waals surface area contributed by atoms with Crippen molar-refractivity contribution in [3.63, 3.8) is 0 Å². The van der Waals surface area contributed by atoms with Gasteiger partial charge in [0.25, 0.3) is 0 Å². The van der Waals surface area contributed by atoms with Gasteiger partial charge in [-0.25, -0.2) is 12.8 Å². The zero-order valence-electron chi connectivity index (χ0n) is 12.8. The van der Waals surface area contributed by atoms with E-state index in [2.05, 4.69) is 0 Å². The molecule has 0 saturated carbocycles. The molecular weight excluding hydrogens is 317 g/mol. The van der Waals surface area contributed by atoms with Crippen molar-refractivity contribution in [2.24, 2.45) is 0 Å². The Hall–Kier alpha value is -1.76. The summed E-state index contributed by atoms with van der Waals surface area (Å²) in [6.07, 6.45) is 0.456. The summed E-state index contributed by atoms with van der Waals surface area (Å²) < 4.78 is 45.3. The van der Waals surface area contributed by atoms with Gasteiger partial charge in [-0.2, -0.15) is 4.31 Å². The van der Waals surface area contributed by atoms with Gasteiger partial charge >= 0.3 is 0 Å². The molecule has 0 aromatic heterocycles. The maximum absolute atomic E-state index is 13.3. The number of ether oxygens (including phenoxy) is 1. The molecule has 0 fully saturated rings. The number of hydrogen-bond acceptors (Lipinski definition) is 3. The van der Waals surface area contributed by atoms with Crippen LogP contribution >= 0.6 is 0 Å². The fourth-order valence-electron chi connectivity index (χ4n) is 2.72. The Balaban J connectivity index is 1.73. The van der Waals surface area contributed by atoms with Crippen LogP contribution in [0.25, 0.3) is 0 Å². The van der Waals surface area contributed by atoms with Crippen LogP contribution in [0.2, 0.25) is 0 Å². The Bertz CT molecular complexity index is 807. The van der Waals surface area contributed by atoms with E-state index in [0.29, 0.717) is 13.0 Å². The average molecular weight is 335 g/mol. The minimum absolute atomic E-state index is 0.0452. The average Bonchev–Trinajstić information content (AvgIpc) is 2.54. The Morgan fingerprint density at radius 3 is 2.65 bits per heavy atom. The van der Waals surface area contributed by atoms with Crippen LogP contribution in [-0.2, 0) is 27.8 Å². The molecule has 2 aromatic rings. The topological polar surface area (TPSA) is 46.6 Å². The number of nitrogens with zero attached hydrogens (tertiary/aromatic N) is 1. The van der Waals surface area contributed by atoms with Crippen molar-refractivity contribution in [2.75, 3.05) is 13.6 Å². The van der Waals surface area contributed by atoms with Gasteiger partial charge in [0, 0.05) is 20.0 Å². The van der Waals surface area contributed by atoms with Crippen molar-refractivity contribution in [3.05, 3.63) is 65.5 Å². The molecule has 0 radical (unpaired) electrons. The molecule has 0 saturated heterocycles. The van der Waals surface area contributed by atoms with E-state index < -0.39 is 15.8 Å². The molecule has 1 aliphatic rings. The van der Waals surface area contributed by atoms with Crippen molar-refractivity contribution in [1.29, 1.82) is 0 Å². The fraction of sp³-hybridized carbons (Fsp3) is 0.294. The van der Waals surface area contributed by atoms with Crippen molar-refractivity contribution in [3.8, 4) is 0 Å². The summed E-state index contributed by atoms with van der Waals surface area (Å²) in [5.74, 6) is -0.567. The van der Waals surface area contributed by atoms with E-state index in [0.717, 1.165) is 11.6 Å². The third-order valence-corrected chi connectivity index (χ3v) is 5.82. The molecule has 0 bridgehead atoms. The molecule has 4 nitrogen and oxygen atoms in total. The normalized spacial score (nSPS) is 18.0. The predicted molar refractivity (Wildman–Crippen MR) is 84.9 cm³/mol. The molecule has 1 heterocycles. The highest BCUT2D eigenvalue weighted by Gasteiger charge is 2.27. The summed E-state index contributed by atoms with van der Waals surface area (Å²) in [6, 6.07) is 13.0. The van der Waals surface area contributed by atoms with Crippen LogP contribution in [0.3, 0.4) is 0 Å². The Kier molecular flexibility index (Phi) is 4.48. The van der Waals surface area contributed by atoms with Crippen molar-refractivity contribution < 1.29 is 17.5 Å². The van der Waals surface area contributed by atoms with Gasteiger partial charge in [-0.1, -0.05) is 30.3 Å². The van der Waals surface area contributed by atoms with Gasteiger partial charge in [0.2, 0.25) is 10.0 Å². The van der Waals surface area contributed by atoms with Gasteiger partial charge in [0.1, 0.15) is 5.82 Å². The van der Waals surface area contributed by atoms with Gasteiger partial charge in [-0.15, -0.1) is 0 Å². The van der Waals surface area contributed by atoms with Gasteiger partial charge in [0.15, 0.2) is 0 Å². The van der Waals surface area contributed by atoms with E-state index in [9.17, 15) is 12.8 Å². The fourth-order valence-corrected chi connectivity index (χ4v) is 3.95. The minimum atomic E-state index is -3.72. The molecule has 1 atom stereocenters. The monoisotopic (exact) mass is 335 g/mol. The molecular formula is C17H18FNO3S. The van der Waals surface area contributed by atoms with Gasteiger partial charge < -0.3 is 4.74 Å². The summed E-state index contributed by atoms with van der Waals surface area (Å²) in [4.78, 5) is -0.0452. The lowest BCUT2D eigenvalue weighted by Crippen LogP contribution is -2.38. The van der Waals surface area contributed by atoms with Gasteiger partial charge in [0.05, 0.1) is 17.6 Å². The van der Waals surface area contributed by atoms with Crippen LogP contribution in [0, 0.1) is 5.82 Å². The van der Waals surface area contributed by atoms with Crippen LogP contribution in [0.5, 0.6) is 0 Å². The second-order valence-electron chi connectivity index (χ2n) is 5.65. The summed E-state index contributed by atoms with van der Waals surface area (Å²) in [7, 11) is -2.23. The maximum Gasteiger partial charge on any atom is 0.243 e. The number of rotatable bonds is 4.